The van der Waals surface area contributed by atoms with Gasteiger partial charge in [-0.05, 0) is 37.5 Å². The van der Waals surface area contributed by atoms with E-state index in [1.165, 1.54) is 0 Å². The zero-order valence-corrected chi connectivity index (χ0v) is 15.0. The van der Waals surface area contributed by atoms with E-state index in [1.54, 1.807) is 6.07 Å². The van der Waals surface area contributed by atoms with E-state index < -0.39 is 0 Å². The lowest BCUT2D eigenvalue weighted by molar-refractivity contribution is -0.0382. The molecule has 2 aromatic heterocycles. The van der Waals surface area contributed by atoms with E-state index in [0.29, 0.717) is 5.02 Å². The van der Waals surface area contributed by atoms with Gasteiger partial charge in [-0.3, -0.25) is 0 Å². The topological polar surface area (TPSA) is 39.9 Å². The van der Waals surface area contributed by atoms with Crippen LogP contribution in [-0.2, 0) is 4.74 Å². The first-order valence-electron chi connectivity index (χ1n) is 8.31. The minimum atomic E-state index is -0.0857. The Labute approximate surface area is 156 Å². The molecule has 128 valence electrons. The molecule has 0 spiro atoms. The zero-order valence-electron chi connectivity index (χ0n) is 13.5. The van der Waals surface area contributed by atoms with Crippen LogP contribution in [-0.4, -0.2) is 21.4 Å². The molecule has 0 N–H and O–H groups in total. The highest BCUT2D eigenvalue weighted by molar-refractivity contribution is 6.41. The van der Waals surface area contributed by atoms with Crippen LogP contribution in [0.5, 0.6) is 0 Å². The maximum atomic E-state index is 6.12. The van der Waals surface area contributed by atoms with Gasteiger partial charge in [-0.2, -0.15) is 5.10 Å². The molecule has 1 atom stereocenters. The van der Waals surface area contributed by atoms with Gasteiger partial charge in [0.2, 0.25) is 0 Å². The predicted octanol–water partition coefficient (Wildman–Crippen LogP) is 5.62. The lowest BCUT2D eigenvalue weighted by Crippen LogP contribution is -2.20. The molecule has 4 rings (SSSR count). The van der Waals surface area contributed by atoms with Crippen LogP contribution >= 0.6 is 23.2 Å². The first kappa shape index (κ1) is 16.6. The van der Waals surface area contributed by atoms with Crippen molar-refractivity contribution in [1.29, 1.82) is 0 Å². The van der Waals surface area contributed by atoms with Gasteiger partial charge in [0.15, 0.2) is 6.23 Å². The lowest BCUT2D eigenvalue weighted by atomic mass is 10.1. The number of benzene rings is 1. The minimum absolute atomic E-state index is 0.0857. The number of ether oxygens (including phenoxy) is 1. The summed E-state index contributed by atoms with van der Waals surface area (Å²) >= 11 is 12.1. The highest BCUT2D eigenvalue weighted by atomic mass is 35.5. The van der Waals surface area contributed by atoms with E-state index in [4.69, 9.17) is 33.0 Å². The molecule has 1 aromatic carbocycles. The van der Waals surface area contributed by atoms with Crippen molar-refractivity contribution in [2.24, 2.45) is 0 Å². The Bertz CT molecular complexity index is 874. The van der Waals surface area contributed by atoms with Gasteiger partial charge in [-0.25, -0.2) is 9.67 Å². The fourth-order valence-electron chi connectivity index (χ4n) is 3.03. The standard InChI is InChI=1S/C19H17Cl2N3O/c20-14-9-10-15(22-19(14)21)17-12-16(13-6-2-1-3-7-13)23-24(17)18-8-4-5-11-25-18/h1-3,6-7,9-10,12,18H,4-5,8,11H2. The van der Waals surface area contributed by atoms with Crippen LogP contribution in [0.4, 0.5) is 0 Å². The zero-order chi connectivity index (χ0) is 17.2. The number of rotatable bonds is 3. The molecule has 0 radical (unpaired) electrons. The van der Waals surface area contributed by atoms with Crippen molar-refractivity contribution in [3.63, 3.8) is 0 Å². The van der Waals surface area contributed by atoms with Gasteiger partial charge >= 0.3 is 0 Å². The van der Waals surface area contributed by atoms with Gasteiger partial charge in [0.25, 0.3) is 0 Å². The molecule has 1 saturated heterocycles. The summed E-state index contributed by atoms with van der Waals surface area (Å²) in [7, 11) is 0. The molecule has 0 saturated carbocycles. The quantitative estimate of drug-likeness (QED) is 0.559. The van der Waals surface area contributed by atoms with Gasteiger partial charge in [0, 0.05) is 12.2 Å². The Kier molecular flexibility index (Phi) is 4.75. The van der Waals surface area contributed by atoms with Crippen LogP contribution in [0.3, 0.4) is 0 Å². The van der Waals surface area contributed by atoms with E-state index >= 15 is 0 Å². The van der Waals surface area contributed by atoms with Gasteiger partial charge in [-0.1, -0.05) is 53.5 Å². The largest absolute Gasteiger partial charge is 0.356 e. The average Bonchev–Trinajstić information content (AvgIpc) is 3.11. The number of hydrogen-bond donors (Lipinski definition) is 0. The van der Waals surface area contributed by atoms with Crippen molar-refractivity contribution in [3.05, 3.63) is 58.7 Å². The molecule has 0 amide bonds. The molecular formula is C19H17Cl2N3O. The average molecular weight is 374 g/mol. The van der Waals surface area contributed by atoms with Gasteiger partial charge in [0.1, 0.15) is 5.15 Å². The molecule has 1 unspecified atom stereocenters. The first-order valence-corrected chi connectivity index (χ1v) is 9.07. The van der Waals surface area contributed by atoms with Crippen LogP contribution in [0.1, 0.15) is 25.5 Å². The highest BCUT2D eigenvalue weighted by Gasteiger charge is 2.22. The molecule has 1 fully saturated rings. The molecule has 1 aliphatic heterocycles. The van der Waals surface area contributed by atoms with Crippen LogP contribution < -0.4 is 0 Å². The van der Waals surface area contributed by atoms with Crippen molar-refractivity contribution in [2.75, 3.05) is 6.61 Å². The van der Waals surface area contributed by atoms with Gasteiger partial charge < -0.3 is 4.74 Å². The molecule has 25 heavy (non-hydrogen) atoms. The maximum Gasteiger partial charge on any atom is 0.150 e. The number of halogens is 2. The number of hydrogen-bond acceptors (Lipinski definition) is 3. The van der Waals surface area contributed by atoms with Crippen LogP contribution in [0.25, 0.3) is 22.6 Å². The van der Waals surface area contributed by atoms with E-state index in [2.05, 4.69) is 4.98 Å². The Morgan fingerprint density at radius 1 is 1.00 bits per heavy atom. The molecule has 3 heterocycles. The fraction of sp³-hybridized carbons (Fsp3) is 0.263. The lowest BCUT2D eigenvalue weighted by Gasteiger charge is -2.24. The summed E-state index contributed by atoms with van der Waals surface area (Å²) in [5, 5.41) is 5.54. The van der Waals surface area contributed by atoms with E-state index in [1.807, 2.05) is 47.1 Å². The molecule has 4 nitrogen and oxygen atoms in total. The smallest absolute Gasteiger partial charge is 0.150 e. The van der Waals surface area contributed by atoms with E-state index in [-0.39, 0.29) is 11.4 Å². The third-order valence-electron chi connectivity index (χ3n) is 4.30. The summed E-state index contributed by atoms with van der Waals surface area (Å²) in [5.41, 5.74) is 3.55. The number of aromatic nitrogens is 3. The number of nitrogens with zero attached hydrogens (tertiary/aromatic N) is 3. The Morgan fingerprint density at radius 3 is 2.56 bits per heavy atom. The predicted molar refractivity (Wildman–Crippen MR) is 99.8 cm³/mol. The molecule has 0 aliphatic carbocycles. The van der Waals surface area contributed by atoms with Crippen LogP contribution in [0, 0.1) is 0 Å². The molecular weight excluding hydrogens is 357 g/mol. The Balaban J connectivity index is 1.82. The highest BCUT2D eigenvalue weighted by Crippen LogP contribution is 2.33. The fourth-order valence-corrected chi connectivity index (χ4v) is 3.29. The molecule has 0 bridgehead atoms. The summed E-state index contributed by atoms with van der Waals surface area (Å²) in [4.78, 5) is 4.42. The van der Waals surface area contributed by atoms with Crippen molar-refractivity contribution in [3.8, 4) is 22.6 Å². The Hall–Kier alpha value is -1.88. The summed E-state index contributed by atoms with van der Waals surface area (Å²) in [5.74, 6) is 0. The molecule has 1 aliphatic rings. The second-order valence-corrected chi connectivity index (χ2v) is 6.78. The molecule has 6 heteroatoms. The van der Waals surface area contributed by atoms with Crippen molar-refractivity contribution >= 4 is 23.2 Å². The molecule has 3 aromatic rings. The van der Waals surface area contributed by atoms with Crippen molar-refractivity contribution in [2.45, 2.75) is 25.5 Å². The summed E-state index contributed by atoms with van der Waals surface area (Å²) < 4.78 is 7.87. The number of pyridine rings is 1. The Morgan fingerprint density at radius 2 is 1.84 bits per heavy atom. The second kappa shape index (κ2) is 7.16. The van der Waals surface area contributed by atoms with Gasteiger partial charge in [-0.15, -0.1) is 0 Å². The van der Waals surface area contributed by atoms with Crippen molar-refractivity contribution < 1.29 is 4.74 Å². The van der Waals surface area contributed by atoms with Crippen LogP contribution in [0.2, 0.25) is 10.2 Å². The summed E-state index contributed by atoms with van der Waals surface area (Å²) in [6, 6.07) is 15.7. The first-order chi connectivity index (χ1) is 12.2. The summed E-state index contributed by atoms with van der Waals surface area (Å²) in [6.45, 7) is 0.749. The summed E-state index contributed by atoms with van der Waals surface area (Å²) in [6.07, 6.45) is 3.06. The SMILES string of the molecule is Clc1ccc(-c2cc(-c3ccccc3)nn2C2CCCCO2)nc1Cl. The van der Waals surface area contributed by atoms with Crippen molar-refractivity contribution in [1.82, 2.24) is 14.8 Å². The normalized spacial score (nSPS) is 17.6. The third-order valence-corrected chi connectivity index (χ3v) is 4.99. The van der Waals surface area contributed by atoms with Crippen LogP contribution in [0.15, 0.2) is 48.5 Å². The maximum absolute atomic E-state index is 6.12. The van der Waals surface area contributed by atoms with E-state index in [9.17, 15) is 0 Å². The third kappa shape index (κ3) is 3.43. The minimum Gasteiger partial charge on any atom is -0.356 e. The monoisotopic (exact) mass is 373 g/mol. The second-order valence-electron chi connectivity index (χ2n) is 6.02. The van der Waals surface area contributed by atoms with Gasteiger partial charge in [0.05, 0.1) is 22.1 Å². The van der Waals surface area contributed by atoms with E-state index in [0.717, 1.165) is 48.5 Å².